The number of rotatable bonds is 7. The summed E-state index contributed by atoms with van der Waals surface area (Å²) >= 11 is 0. The Labute approximate surface area is 143 Å². The predicted octanol–water partition coefficient (Wildman–Crippen LogP) is 0.771. The van der Waals surface area contributed by atoms with Crippen molar-refractivity contribution >= 4 is 21.7 Å². The molecule has 1 heterocycles. The summed E-state index contributed by atoms with van der Waals surface area (Å²) in [5.74, 6) is -0.0728. The van der Waals surface area contributed by atoms with Gasteiger partial charge in [-0.15, -0.1) is 0 Å². The average Bonchev–Trinajstić information content (AvgIpc) is 2.90. The van der Waals surface area contributed by atoms with Crippen LogP contribution in [0.3, 0.4) is 0 Å². The van der Waals surface area contributed by atoms with Gasteiger partial charge in [-0.05, 0) is 18.4 Å². The highest BCUT2D eigenvalue weighted by Gasteiger charge is 2.33. The average molecular weight is 352 g/mol. The minimum atomic E-state index is -3.04. The maximum absolute atomic E-state index is 11.9. The third-order valence-electron chi connectivity index (χ3n) is 4.21. The molecule has 0 aromatic heterocycles. The van der Waals surface area contributed by atoms with E-state index in [1.807, 2.05) is 30.3 Å². The van der Waals surface area contributed by atoms with Gasteiger partial charge in [0.1, 0.15) is 0 Å². The molecule has 1 N–H and O–H groups in total. The molecule has 7 heteroatoms. The molecular weight excluding hydrogens is 328 g/mol. The van der Waals surface area contributed by atoms with E-state index < -0.39 is 9.84 Å². The molecule has 1 fully saturated rings. The fourth-order valence-corrected chi connectivity index (χ4v) is 4.66. The van der Waals surface area contributed by atoms with E-state index in [0.29, 0.717) is 32.4 Å². The van der Waals surface area contributed by atoms with Crippen LogP contribution in [0.2, 0.25) is 0 Å². The van der Waals surface area contributed by atoms with E-state index in [2.05, 4.69) is 5.32 Å². The van der Waals surface area contributed by atoms with Crippen molar-refractivity contribution in [2.45, 2.75) is 32.2 Å². The largest absolute Gasteiger partial charge is 0.354 e. The highest BCUT2D eigenvalue weighted by atomic mass is 32.2. The number of amides is 2. The van der Waals surface area contributed by atoms with E-state index in [9.17, 15) is 18.0 Å². The lowest BCUT2D eigenvalue weighted by Crippen LogP contribution is -2.44. The van der Waals surface area contributed by atoms with Gasteiger partial charge in [0, 0.05) is 32.5 Å². The maximum atomic E-state index is 11.9. The van der Waals surface area contributed by atoms with E-state index >= 15 is 0 Å². The van der Waals surface area contributed by atoms with Crippen LogP contribution in [0.1, 0.15) is 25.3 Å². The van der Waals surface area contributed by atoms with Crippen LogP contribution >= 0.6 is 0 Å². The number of sulfone groups is 1. The molecule has 6 nitrogen and oxygen atoms in total. The summed E-state index contributed by atoms with van der Waals surface area (Å²) in [6.07, 6.45) is 1.54. The Morgan fingerprint density at radius 3 is 2.54 bits per heavy atom. The first-order chi connectivity index (χ1) is 11.4. The summed E-state index contributed by atoms with van der Waals surface area (Å²) in [6.45, 7) is 2.11. The molecule has 1 atom stereocenters. The maximum Gasteiger partial charge on any atom is 0.220 e. The lowest BCUT2D eigenvalue weighted by molar-refractivity contribution is -0.131. The van der Waals surface area contributed by atoms with E-state index in [1.165, 1.54) is 6.92 Å². The number of hydrogen-bond donors (Lipinski definition) is 1. The Kier molecular flexibility index (Phi) is 6.36. The fraction of sp³-hybridized carbons (Fsp3) is 0.529. The number of nitrogens with zero attached hydrogens (tertiary/aromatic N) is 1. The molecule has 0 saturated carbocycles. The van der Waals surface area contributed by atoms with Crippen LogP contribution < -0.4 is 5.32 Å². The number of nitrogens with one attached hydrogen (secondary N) is 1. The number of benzene rings is 1. The zero-order chi connectivity index (χ0) is 17.6. The van der Waals surface area contributed by atoms with Gasteiger partial charge in [-0.2, -0.15) is 0 Å². The Morgan fingerprint density at radius 2 is 1.96 bits per heavy atom. The summed E-state index contributed by atoms with van der Waals surface area (Å²) in [7, 11) is -3.04. The molecule has 1 saturated heterocycles. The Hall–Kier alpha value is -1.89. The van der Waals surface area contributed by atoms with E-state index in [-0.39, 0.29) is 29.4 Å². The predicted molar refractivity (Wildman–Crippen MR) is 92.2 cm³/mol. The summed E-state index contributed by atoms with van der Waals surface area (Å²) < 4.78 is 23.1. The number of carbonyl (C=O) groups excluding carboxylic acids is 2. The molecule has 24 heavy (non-hydrogen) atoms. The minimum absolute atomic E-state index is 0.0224. The van der Waals surface area contributed by atoms with Gasteiger partial charge in [0.15, 0.2) is 9.84 Å². The summed E-state index contributed by atoms with van der Waals surface area (Å²) in [5.41, 5.74) is 1.11. The number of carbonyl (C=O) groups is 2. The van der Waals surface area contributed by atoms with Gasteiger partial charge >= 0.3 is 0 Å². The van der Waals surface area contributed by atoms with Crippen LogP contribution in [0.25, 0.3) is 0 Å². The fourth-order valence-electron chi connectivity index (χ4n) is 2.93. The van der Waals surface area contributed by atoms with Gasteiger partial charge in [0.2, 0.25) is 11.8 Å². The quantitative estimate of drug-likeness (QED) is 0.786. The Bertz CT molecular complexity index is 673. The molecule has 132 valence electrons. The van der Waals surface area contributed by atoms with Gasteiger partial charge in [-0.3, -0.25) is 9.59 Å². The van der Waals surface area contributed by atoms with Crippen LogP contribution in [0, 0.1) is 0 Å². The normalized spacial score (nSPS) is 19.0. The lowest BCUT2D eigenvalue weighted by Gasteiger charge is -2.27. The monoisotopic (exact) mass is 352 g/mol. The Morgan fingerprint density at radius 1 is 1.25 bits per heavy atom. The van der Waals surface area contributed by atoms with Crippen molar-refractivity contribution in [3.63, 3.8) is 0 Å². The van der Waals surface area contributed by atoms with Crippen LogP contribution in [0.15, 0.2) is 30.3 Å². The zero-order valence-electron chi connectivity index (χ0n) is 13.9. The van der Waals surface area contributed by atoms with Crippen molar-refractivity contribution < 1.29 is 18.0 Å². The second-order valence-electron chi connectivity index (χ2n) is 6.10. The van der Waals surface area contributed by atoms with Crippen LogP contribution in [0.5, 0.6) is 0 Å². The molecular formula is C17H24N2O4S. The second kappa shape index (κ2) is 8.28. The molecule has 1 aromatic rings. The van der Waals surface area contributed by atoms with E-state index in [0.717, 1.165) is 5.56 Å². The van der Waals surface area contributed by atoms with Crippen LogP contribution in [0.4, 0.5) is 0 Å². The molecule has 1 aromatic carbocycles. The highest BCUT2D eigenvalue weighted by molar-refractivity contribution is 7.91. The van der Waals surface area contributed by atoms with Crippen molar-refractivity contribution in [3.05, 3.63) is 35.9 Å². The van der Waals surface area contributed by atoms with E-state index in [4.69, 9.17) is 0 Å². The molecule has 0 radical (unpaired) electrons. The third kappa shape index (κ3) is 5.63. The molecule has 1 aliphatic heterocycles. The van der Waals surface area contributed by atoms with Crippen molar-refractivity contribution in [2.24, 2.45) is 0 Å². The SMILES string of the molecule is CC(=O)N(CCNC(=O)CCc1ccccc1)C1CCS(=O)(=O)C1. The second-order valence-corrected chi connectivity index (χ2v) is 8.33. The first-order valence-electron chi connectivity index (χ1n) is 8.15. The highest BCUT2D eigenvalue weighted by Crippen LogP contribution is 2.17. The third-order valence-corrected chi connectivity index (χ3v) is 5.96. The van der Waals surface area contributed by atoms with Crippen molar-refractivity contribution in [3.8, 4) is 0 Å². The lowest BCUT2D eigenvalue weighted by atomic mass is 10.1. The Balaban J connectivity index is 1.74. The smallest absolute Gasteiger partial charge is 0.220 e. The summed E-state index contributed by atoms with van der Waals surface area (Å²) in [5, 5.41) is 2.80. The molecule has 0 spiro atoms. The van der Waals surface area contributed by atoms with Crippen molar-refractivity contribution in [2.75, 3.05) is 24.6 Å². The molecule has 0 aliphatic carbocycles. The van der Waals surface area contributed by atoms with Gasteiger partial charge in [0.05, 0.1) is 11.5 Å². The number of hydrogen-bond acceptors (Lipinski definition) is 4. The molecule has 1 aliphatic rings. The van der Waals surface area contributed by atoms with Gasteiger partial charge in [0.25, 0.3) is 0 Å². The molecule has 2 rings (SSSR count). The van der Waals surface area contributed by atoms with Crippen molar-refractivity contribution in [1.82, 2.24) is 10.2 Å². The standard InChI is InChI=1S/C17H24N2O4S/c1-14(20)19(16-9-12-24(22,23)13-16)11-10-18-17(21)8-7-15-5-3-2-4-6-15/h2-6,16H,7-13H2,1H3,(H,18,21). The van der Waals surface area contributed by atoms with Gasteiger partial charge < -0.3 is 10.2 Å². The summed E-state index contributed by atoms with van der Waals surface area (Å²) in [4.78, 5) is 25.2. The number of aryl methyl sites for hydroxylation is 1. The van der Waals surface area contributed by atoms with Gasteiger partial charge in [-0.25, -0.2) is 8.42 Å². The molecule has 2 amide bonds. The molecule has 1 unspecified atom stereocenters. The van der Waals surface area contributed by atoms with E-state index in [1.54, 1.807) is 4.90 Å². The summed E-state index contributed by atoms with van der Waals surface area (Å²) in [6, 6.07) is 9.50. The van der Waals surface area contributed by atoms with Crippen LogP contribution in [-0.2, 0) is 25.8 Å². The van der Waals surface area contributed by atoms with Crippen molar-refractivity contribution in [1.29, 1.82) is 0 Å². The zero-order valence-corrected chi connectivity index (χ0v) is 14.7. The van der Waals surface area contributed by atoms with Gasteiger partial charge in [-0.1, -0.05) is 30.3 Å². The first-order valence-corrected chi connectivity index (χ1v) is 9.98. The first kappa shape index (κ1) is 18.4. The molecule has 0 bridgehead atoms. The van der Waals surface area contributed by atoms with Crippen LogP contribution in [-0.4, -0.2) is 55.8 Å². The minimum Gasteiger partial charge on any atom is -0.354 e. The topological polar surface area (TPSA) is 83.6 Å².